The number of rotatable bonds is 6. The molecule has 8 nitrogen and oxygen atoms in total. The highest BCUT2D eigenvalue weighted by molar-refractivity contribution is 6.05. The van der Waals surface area contributed by atoms with E-state index in [0.717, 1.165) is 12.0 Å². The highest BCUT2D eigenvalue weighted by Gasteiger charge is 2.27. The average Bonchev–Trinajstić information content (AvgIpc) is 2.83. The molecule has 1 aliphatic heterocycles. The maximum Gasteiger partial charge on any atom is 0.324 e. The molecule has 0 aromatic heterocycles. The Balaban J connectivity index is 1.49. The van der Waals surface area contributed by atoms with E-state index in [0.29, 0.717) is 36.6 Å². The summed E-state index contributed by atoms with van der Waals surface area (Å²) in [5.41, 5.74) is 5.29. The second-order valence-corrected chi connectivity index (χ2v) is 8.89. The number of hydrogen-bond donors (Lipinski definition) is 1. The zero-order chi connectivity index (χ0) is 25.1. The van der Waals surface area contributed by atoms with Crippen LogP contribution in [0.25, 0.3) is 0 Å². The number of amides is 3. The summed E-state index contributed by atoms with van der Waals surface area (Å²) in [6.07, 6.45) is 0.834. The topological polar surface area (TPSA) is 95.8 Å². The van der Waals surface area contributed by atoms with E-state index in [2.05, 4.69) is 37.4 Å². The normalized spacial score (nSPS) is 13.6. The molecule has 1 heterocycles. The summed E-state index contributed by atoms with van der Waals surface area (Å²) in [4.78, 5) is 40.3. The second kappa shape index (κ2) is 9.97. The Morgan fingerprint density at radius 3 is 2.49 bits per heavy atom. The zero-order valence-corrected chi connectivity index (χ0v) is 20.1. The van der Waals surface area contributed by atoms with Gasteiger partial charge in [0.15, 0.2) is 0 Å². The Morgan fingerprint density at radius 1 is 0.971 bits per heavy atom. The molecule has 8 heteroatoms. The predicted octanol–water partition coefficient (Wildman–Crippen LogP) is 5.60. The van der Waals surface area contributed by atoms with Crippen molar-refractivity contribution in [3.8, 4) is 0 Å². The number of benzene rings is 3. The third-order valence-corrected chi connectivity index (χ3v) is 6.34. The Labute approximate surface area is 204 Å². The fraction of sp³-hybridized carbons (Fsp3) is 0.259. The molecule has 1 saturated heterocycles. The van der Waals surface area contributed by atoms with Gasteiger partial charge in [0, 0.05) is 48.2 Å². The molecule has 1 fully saturated rings. The summed E-state index contributed by atoms with van der Waals surface area (Å²) < 4.78 is 0. The average molecular weight is 473 g/mol. The van der Waals surface area contributed by atoms with Crippen LogP contribution in [0.15, 0.2) is 60.7 Å². The van der Waals surface area contributed by atoms with Crippen molar-refractivity contribution >= 4 is 29.0 Å². The van der Waals surface area contributed by atoms with Crippen LogP contribution < -0.4 is 10.2 Å². The molecule has 0 aliphatic carbocycles. The van der Waals surface area contributed by atoms with E-state index in [1.807, 2.05) is 11.0 Å². The van der Waals surface area contributed by atoms with Gasteiger partial charge in [-0.25, -0.2) is 4.79 Å². The first-order valence-corrected chi connectivity index (χ1v) is 11.5. The van der Waals surface area contributed by atoms with Crippen LogP contribution >= 0.6 is 0 Å². The van der Waals surface area contributed by atoms with Gasteiger partial charge in [0.2, 0.25) is 0 Å². The number of nitrogens with one attached hydrogen (secondary N) is 1. The molecule has 3 aromatic carbocycles. The standard InChI is InChI=1S/C27H28N4O4/c1-18-8-10-21(14-20(18)3)17-29-12-5-13-30(27(29)33)24-7-4-6-23(16-24)28-26(32)22-11-9-19(2)25(15-22)31(34)35/h4,6-11,14-16H,5,12-13,17H2,1-3H3,(H,28,32). The fourth-order valence-electron chi connectivity index (χ4n) is 4.19. The first kappa shape index (κ1) is 23.9. The number of hydrogen-bond acceptors (Lipinski definition) is 4. The molecule has 180 valence electrons. The van der Waals surface area contributed by atoms with Crippen LogP contribution in [0.1, 0.15) is 39.0 Å². The zero-order valence-electron chi connectivity index (χ0n) is 20.1. The van der Waals surface area contributed by atoms with Crippen LogP contribution in [0, 0.1) is 30.9 Å². The molecular formula is C27H28N4O4. The third-order valence-electron chi connectivity index (χ3n) is 6.34. The fourth-order valence-corrected chi connectivity index (χ4v) is 4.19. The van der Waals surface area contributed by atoms with Gasteiger partial charge in [0.1, 0.15) is 0 Å². The van der Waals surface area contributed by atoms with Gasteiger partial charge >= 0.3 is 6.03 Å². The lowest BCUT2D eigenvalue weighted by Crippen LogP contribution is -2.49. The summed E-state index contributed by atoms with van der Waals surface area (Å²) in [5.74, 6) is -0.452. The van der Waals surface area contributed by atoms with E-state index in [-0.39, 0.29) is 17.3 Å². The lowest BCUT2D eigenvalue weighted by atomic mass is 10.1. The molecule has 0 bridgehead atoms. The number of nitro benzene ring substituents is 1. The number of urea groups is 1. The molecular weight excluding hydrogens is 444 g/mol. The number of aryl methyl sites for hydroxylation is 3. The number of anilines is 2. The number of carbonyl (C=O) groups is 2. The quantitative estimate of drug-likeness (QED) is 0.373. The molecule has 0 radical (unpaired) electrons. The minimum atomic E-state index is -0.502. The maximum absolute atomic E-state index is 13.3. The molecule has 35 heavy (non-hydrogen) atoms. The summed E-state index contributed by atoms with van der Waals surface area (Å²) in [6, 6.07) is 17.6. The van der Waals surface area contributed by atoms with E-state index in [1.54, 1.807) is 42.2 Å². The van der Waals surface area contributed by atoms with Gasteiger partial charge in [-0.2, -0.15) is 0 Å². The lowest BCUT2D eigenvalue weighted by molar-refractivity contribution is -0.385. The number of nitro groups is 1. The molecule has 3 amide bonds. The predicted molar refractivity (Wildman–Crippen MR) is 136 cm³/mol. The van der Waals surface area contributed by atoms with E-state index >= 15 is 0 Å². The highest BCUT2D eigenvalue weighted by atomic mass is 16.6. The molecule has 0 spiro atoms. The maximum atomic E-state index is 13.3. The van der Waals surface area contributed by atoms with Crippen molar-refractivity contribution < 1.29 is 14.5 Å². The number of carbonyl (C=O) groups excluding carboxylic acids is 2. The minimum Gasteiger partial charge on any atom is -0.322 e. The largest absolute Gasteiger partial charge is 0.324 e. The first-order valence-electron chi connectivity index (χ1n) is 11.5. The third kappa shape index (κ3) is 5.32. The van der Waals surface area contributed by atoms with Gasteiger partial charge in [-0.1, -0.05) is 30.3 Å². The van der Waals surface area contributed by atoms with Crippen molar-refractivity contribution in [3.05, 3.63) is 98.6 Å². The molecule has 1 aliphatic rings. The van der Waals surface area contributed by atoms with Crippen molar-refractivity contribution in [1.82, 2.24) is 4.90 Å². The summed E-state index contributed by atoms with van der Waals surface area (Å²) >= 11 is 0. The first-order chi connectivity index (χ1) is 16.7. The molecule has 4 rings (SSSR count). The monoisotopic (exact) mass is 472 g/mol. The van der Waals surface area contributed by atoms with E-state index in [1.165, 1.54) is 17.2 Å². The van der Waals surface area contributed by atoms with Gasteiger partial charge in [0.05, 0.1) is 4.92 Å². The Hall–Kier alpha value is -4.20. The van der Waals surface area contributed by atoms with Crippen molar-refractivity contribution in [2.75, 3.05) is 23.3 Å². The van der Waals surface area contributed by atoms with Gasteiger partial charge < -0.3 is 10.2 Å². The van der Waals surface area contributed by atoms with Crippen molar-refractivity contribution in [2.24, 2.45) is 0 Å². The van der Waals surface area contributed by atoms with Crippen molar-refractivity contribution in [2.45, 2.75) is 33.7 Å². The molecule has 0 unspecified atom stereocenters. The van der Waals surface area contributed by atoms with Gasteiger partial charge in [-0.15, -0.1) is 0 Å². The second-order valence-electron chi connectivity index (χ2n) is 8.89. The van der Waals surface area contributed by atoms with Gasteiger partial charge in [0.25, 0.3) is 11.6 Å². The Bertz CT molecular complexity index is 1300. The lowest BCUT2D eigenvalue weighted by Gasteiger charge is -2.36. The number of nitrogens with zero attached hydrogens (tertiary/aromatic N) is 3. The van der Waals surface area contributed by atoms with Crippen LogP contribution in [0.4, 0.5) is 21.9 Å². The molecule has 3 aromatic rings. The Kier molecular flexibility index (Phi) is 6.82. The molecule has 1 N–H and O–H groups in total. The molecule has 0 saturated carbocycles. The van der Waals surface area contributed by atoms with Crippen LogP contribution in [0.5, 0.6) is 0 Å². The summed E-state index contributed by atoms with van der Waals surface area (Å²) in [5, 5.41) is 14.0. The summed E-state index contributed by atoms with van der Waals surface area (Å²) in [6.45, 7) is 7.58. The highest BCUT2D eigenvalue weighted by Crippen LogP contribution is 2.26. The van der Waals surface area contributed by atoms with E-state index < -0.39 is 10.8 Å². The molecule has 0 atom stereocenters. The van der Waals surface area contributed by atoms with E-state index in [4.69, 9.17) is 0 Å². The van der Waals surface area contributed by atoms with E-state index in [9.17, 15) is 19.7 Å². The van der Waals surface area contributed by atoms with Crippen molar-refractivity contribution in [1.29, 1.82) is 0 Å². The minimum absolute atomic E-state index is 0.0767. The van der Waals surface area contributed by atoms with Crippen LogP contribution in [0.3, 0.4) is 0 Å². The smallest absolute Gasteiger partial charge is 0.322 e. The van der Waals surface area contributed by atoms with Gasteiger partial charge in [-0.05, 0) is 68.1 Å². The van der Waals surface area contributed by atoms with Crippen molar-refractivity contribution in [3.63, 3.8) is 0 Å². The van der Waals surface area contributed by atoms with Crippen LogP contribution in [0.2, 0.25) is 0 Å². The SMILES string of the molecule is Cc1ccc(CN2CCCN(c3cccc(NC(=O)c4ccc(C)c([N+](=O)[O-])c4)c3)C2=O)cc1C. The van der Waals surface area contributed by atoms with Crippen LogP contribution in [-0.4, -0.2) is 34.9 Å². The van der Waals surface area contributed by atoms with Gasteiger partial charge in [-0.3, -0.25) is 19.8 Å². The van der Waals surface area contributed by atoms with Crippen LogP contribution in [-0.2, 0) is 6.54 Å². The Morgan fingerprint density at radius 2 is 1.74 bits per heavy atom. The summed E-state index contributed by atoms with van der Waals surface area (Å²) in [7, 11) is 0.